The van der Waals surface area contributed by atoms with Crippen LogP contribution < -0.4 is 20.7 Å². The fraction of sp³-hybridized carbons (Fsp3) is 0.400. The zero-order chi connectivity index (χ0) is 18.2. The van der Waals surface area contributed by atoms with Crippen LogP contribution in [0, 0.1) is 0 Å². The fourth-order valence-corrected chi connectivity index (χ4v) is 3.21. The number of benzene rings is 1. The highest BCUT2D eigenvalue weighted by Crippen LogP contribution is 2.19. The summed E-state index contributed by atoms with van der Waals surface area (Å²) in [4.78, 5) is 16.4. The topological polar surface area (TPSA) is 75.3 Å². The molecule has 2 amide bonds. The number of anilines is 2. The van der Waals surface area contributed by atoms with Crippen LogP contribution in [-0.4, -0.2) is 24.2 Å². The molecule has 1 aliphatic carbocycles. The number of pyridine rings is 1. The summed E-state index contributed by atoms with van der Waals surface area (Å²) in [5.41, 5.74) is 1.74. The summed E-state index contributed by atoms with van der Waals surface area (Å²) in [6.45, 7) is 0.617. The highest BCUT2D eigenvalue weighted by Gasteiger charge is 2.15. The van der Waals surface area contributed by atoms with Gasteiger partial charge in [0, 0.05) is 18.2 Å². The zero-order valence-corrected chi connectivity index (χ0v) is 15.1. The molecule has 1 saturated carbocycles. The Labute approximate surface area is 154 Å². The largest absolute Gasteiger partial charge is 0.496 e. The van der Waals surface area contributed by atoms with Gasteiger partial charge in [-0.2, -0.15) is 0 Å². The standard InChI is InChI=1S/C20H26N4O2/c1-26-18-10-6-5-7-15(18)13-21-19-12-11-17(14-22-19)24-20(25)23-16-8-3-2-4-9-16/h5-7,10-12,14,16H,2-4,8-9,13H2,1H3,(H,21,22)(H2,23,24,25). The van der Waals surface area contributed by atoms with E-state index in [1.165, 1.54) is 19.3 Å². The number of ether oxygens (including phenoxy) is 1. The van der Waals surface area contributed by atoms with Gasteiger partial charge >= 0.3 is 6.03 Å². The van der Waals surface area contributed by atoms with E-state index in [0.29, 0.717) is 18.3 Å². The number of nitrogens with zero attached hydrogens (tertiary/aromatic N) is 1. The van der Waals surface area contributed by atoms with Crippen molar-refractivity contribution in [1.82, 2.24) is 10.3 Å². The average Bonchev–Trinajstić information content (AvgIpc) is 2.68. The van der Waals surface area contributed by atoms with Gasteiger partial charge in [-0.15, -0.1) is 0 Å². The lowest BCUT2D eigenvalue weighted by atomic mass is 9.96. The third kappa shape index (κ3) is 5.12. The van der Waals surface area contributed by atoms with Crippen LogP contribution in [0.25, 0.3) is 0 Å². The summed E-state index contributed by atoms with van der Waals surface area (Å²) in [5.74, 6) is 1.59. The minimum absolute atomic E-state index is 0.159. The van der Waals surface area contributed by atoms with Crippen molar-refractivity contribution in [3.63, 3.8) is 0 Å². The van der Waals surface area contributed by atoms with Crippen molar-refractivity contribution in [1.29, 1.82) is 0 Å². The van der Waals surface area contributed by atoms with Gasteiger partial charge in [-0.1, -0.05) is 37.5 Å². The van der Waals surface area contributed by atoms with Crippen LogP contribution >= 0.6 is 0 Å². The van der Waals surface area contributed by atoms with E-state index in [1.54, 1.807) is 13.3 Å². The number of urea groups is 1. The number of methoxy groups -OCH3 is 1. The van der Waals surface area contributed by atoms with E-state index in [1.807, 2.05) is 36.4 Å². The SMILES string of the molecule is COc1ccccc1CNc1ccc(NC(=O)NC2CCCCC2)cn1. The number of carbonyl (C=O) groups is 1. The molecule has 26 heavy (non-hydrogen) atoms. The lowest BCUT2D eigenvalue weighted by Crippen LogP contribution is -2.39. The number of aromatic nitrogens is 1. The Morgan fingerprint density at radius 3 is 2.69 bits per heavy atom. The first-order valence-corrected chi connectivity index (χ1v) is 9.14. The number of amides is 2. The molecule has 1 fully saturated rings. The molecule has 0 aliphatic heterocycles. The second kappa shape index (κ2) is 9.08. The van der Waals surface area contributed by atoms with Crippen molar-refractivity contribution in [2.75, 3.05) is 17.7 Å². The molecule has 0 unspecified atom stereocenters. The van der Waals surface area contributed by atoms with Gasteiger partial charge < -0.3 is 20.7 Å². The third-order valence-corrected chi connectivity index (χ3v) is 4.61. The fourth-order valence-electron chi connectivity index (χ4n) is 3.21. The summed E-state index contributed by atoms with van der Waals surface area (Å²) in [6, 6.07) is 11.7. The Morgan fingerprint density at radius 1 is 1.15 bits per heavy atom. The van der Waals surface area contributed by atoms with Crippen molar-refractivity contribution < 1.29 is 9.53 Å². The van der Waals surface area contributed by atoms with Gasteiger partial charge in [0.15, 0.2) is 0 Å². The van der Waals surface area contributed by atoms with Crippen molar-refractivity contribution in [2.24, 2.45) is 0 Å². The molecule has 0 radical (unpaired) electrons. The number of carbonyl (C=O) groups excluding carboxylic acids is 1. The van der Waals surface area contributed by atoms with Gasteiger partial charge in [-0.3, -0.25) is 0 Å². The highest BCUT2D eigenvalue weighted by atomic mass is 16.5. The predicted octanol–water partition coefficient (Wildman–Crippen LogP) is 4.16. The lowest BCUT2D eigenvalue weighted by molar-refractivity contribution is 0.244. The number of hydrogen-bond acceptors (Lipinski definition) is 4. The van der Waals surface area contributed by atoms with E-state index < -0.39 is 0 Å². The summed E-state index contributed by atoms with van der Waals surface area (Å²) in [5, 5.41) is 9.14. The number of rotatable bonds is 6. The number of nitrogens with one attached hydrogen (secondary N) is 3. The van der Waals surface area contributed by atoms with E-state index >= 15 is 0 Å². The van der Waals surface area contributed by atoms with Gasteiger partial charge in [0.2, 0.25) is 0 Å². The normalized spacial score (nSPS) is 14.5. The summed E-state index contributed by atoms with van der Waals surface area (Å²) in [7, 11) is 1.66. The predicted molar refractivity (Wildman–Crippen MR) is 104 cm³/mol. The first kappa shape index (κ1) is 18.0. The van der Waals surface area contributed by atoms with Crippen molar-refractivity contribution >= 4 is 17.5 Å². The molecule has 1 aromatic heterocycles. The van der Waals surface area contributed by atoms with E-state index in [4.69, 9.17) is 4.74 Å². The molecule has 0 bridgehead atoms. The van der Waals surface area contributed by atoms with Gasteiger partial charge in [0.25, 0.3) is 0 Å². The molecular formula is C20H26N4O2. The summed E-state index contributed by atoms with van der Waals surface area (Å²) < 4.78 is 5.34. The molecule has 3 rings (SSSR count). The third-order valence-electron chi connectivity index (χ3n) is 4.61. The molecule has 1 aliphatic rings. The maximum absolute atomic E-state index is 12.1. The van der Waals surface area contributed by atoms with Crippen LogP contribution in [0.1, 0.15) is 37.7 Å². The molecule has 1 aromatic carbocycles. The minimum atomic E-state index is -0.159. The van der Waals surface area contributed by atoms with Gasteiger partial charge in [-0.25, -0.2) is 9.78 Å². The molecule has 0 spiro atoms. The van der Waals surface area contributed by atoms with E-state index in [0.717, 1.165) is 30.0 Å². The average molecular weight is 354 g/mol. The summed E-state index contributed by atoms with van der Waals surface area (Å²) in [6.07, 6.45) is 7.45. The van der Waals surface area contributed by atoms with E-state index in [-0.39, 0.29) is 6.03 Å². The molecule has 138 valence electrons. The van der Waals surface area contributed by atoms with Gasteiger partial charge in [-0.05, 0) is 31.0 Å². The number of hydrogen-bond donors (Lipinski definition) is 3. The van der Waals surface area contributed by atoms with E-state index in [9.17, 15) is 4.79 Å². The molecule has 0 atom stereocenters. The molecule has 6 heteroatoms. The molecule has 6 nitrogen and oxygen atoms in total. The van der Waals surface area contributed by atoms with Crippen molar-refractivity contribution in [3.05, 3.63) is 48.2 Å². The Hall–Kier alpha value is -2.76. The summed E-state index contributed by atoms with van der Waals surface area (Å²) >= 11 is 0. The van der Waals surface area contributed by atoms with Crippen molar-refractivity contribution in [3.8, 4) is 5.75 Å². The maximum atomic E-state index is 12.1. The van der Waals surface area contributed by atoms with Crippen LogP contribution in [0.2, 0.25) is 0 Å². The quantitative estimate of drug-likeness (QED) is 0.728. The molecular weight excluding hydrogens is 328 g/mol. The van der Waals surface area contributed by atoms with Crippen LogP contribution in [0.3, 0.4) is 0 Å². The second-order valence-electron chi connectivity index (χ2n) is 6.53. The Bertz CT molecular complexity index is 712. The van der Waals surface area contributed by atoms with Crippen LogP contribution in [0.15, 0.2) is 42.6 Å². The first-order chi connectivity index (χ1) is 12.7. The Morgan fingerprint density at radius 2 is 1.96 bits per heavy atom. The monoisotopic (exact) mass is 354 g/mol. The zero-order valence-electron chi connectivity index (χ0n) is 15.1. The molecule has 3 N–H and O–H groups in total. The van der Waals surface area contributed by atoms with Crippen molar-refractivity contribution in [2.45, 2.75) is 44.7 Å². The highest BCUT2D eigenvalue weighted by molar-refractivity contribution is 5.89. The first-order valence-electron chi connectivity index (χ1n) is 9.14. The smallest absolute Gasteiger partial charge is 0.319 e. The van der Waals surface area contributed by atoms with Gasteiger partial charge in [0.05, 0.1) is 19.0 Å². The molecule has 1 heterocycles. The van der Waals surface area contributed by atoms with E-state index in [2.05, 4.69) is 20.9 Å². The Balaban J connectivity index is 1.49. The molecule has 0 saturated heterocycles. The van der Waals surface area contributed by atoms with Crippen LogP contribution in [0.4, 0.5) is 16.3 Å². The lowest BCUT2D eigenvalue weighted by Gasteiger charge is -2.22. The maximum Gasteiger partial charge on any atom is 0.319 e. The number of para-hydroxylation sites is 1. The van der Waals surface area contributed by atoms with Crippen LogP contribution in [-0.2, 0) is 6.54 Å². The Kier molecular flexibility index (Phi) is 6.30. The minimum Gasteiger partial charge on any atom is -0.496 e. The van der Waals surface area contributed by atoms with Gasteiger partial charge in [0.1, 0.15) is 11.6 Å². The molecule has 2 aromatic rings. The second-order valence-corrected chi connectivity index (χ2v) is 6.53. The van der Waals surface area contributed by atoms with Crippen LogP contribution in [0.5, 0.6) is 5.75 Å².